The zero-order valence-electron chi connectivity index (χ0n) is 17.1. The second-order valence-corrected chi connectivity index (χ2v) is 7.45. The van der Waals surface area contributed by atoms with Gasteiger partial charge >= 0.3 is 0 Å². The number of hydrogen-bond acceptors (Lipinski definition) is 4. The molecule has 0 saturated carbocycles. The van der Waals surface area contributed by atoms with E-state index in [4.69, 9.17) is 4.74 Å². The first-order chi connectivity index (χ1) is 12.9. The summed E-state index contributed by atoms with van der Waals surface area (Å²) in [5, 5.41) is 6.63. The van der Waals surface area contributed by atoms with Gasteiger partial charge in [-0.25, -0.2) is 4.39 Å². The molecular weight excluding hydrogens is 345 g/mol. The number of guanidine groups is 1. The van der Waals surface area contributed by atoms with E-state index in [1.165, 1.54) is 6.07 Å². The molecule has 1 heterocycles. The number of aliphatic imine (C=N–C) groups is 1. The summed E-state index contributed by atoms with van der Waals surface area (Å²) in [6, 6.07) is 7.02. The van der Waals surface area contributed by atoms with Crippen LogP contribution >= 0.6 is 0 Å². The molecule has 2 rings (SSSR count). The van der Waals surface area contributed by atoms with Gasteiger partial charge in [-0.1, -0.05) is 12.1 Å². The molecule has 2 N–H and O–H groups in total. The van der Waals surface area contributed by atoms with Gasteiger partial charge in [-0.15, -0.1) is 0 Å². The summed E-state index contributed by atoms with van der Waals surface area (Å²) < 4.78 is 19.3. The Morgan fingerprint density at radius 2 is 1.89 bits per heavy atom. The molecule has 0 aliphatic carbocycles. The van der Waals surface area contributed by atoms with Crippen molar-refractivity contribution in [2.75, 3.05) is 64.9 Å². The van der Waals surface area contributed by atoms with Gasteiger partial charge in [-0.2, -0.15) is 0 Å². The minimum absolute atomic E-state index is 0.134. The molecule has 0 bridgehead atoms. The Balaban J connectivity index is 1.63. The summed E-state index contributed by atoms with van der Waals surface area (Å²) in [6.45, 7) is 10.3. The topological polar surface area (TPSA) is 52.1 Å². The predicted molar refractivity (Wildman–Crippen MR) is 110 cm³/mol. The fourth-order valence-corrected chi connectivity index (χ4v) is 3.02. The second-order valence-electron chi connectivity index (χ2n) is 7.45. The number of nitrogens with zero attached hydrogens (tertiary/aromatic N) is 3. The molecule has 0 amide bonds. The predicted octanol–water partition coefficient (Wildman–Crippen LogP) is 1.93. The van der Waals surface area contributed by atoms with Crippen LogP contribution in [0.15, 0.2) is 29.3 Å². The number of anilines is 1. The van der Waals surface area contributed by atoms with Gasteiger partial charge in [-0.05, 0) is 38.9 Å². The average Bonchev–Trinajstić information content (AvgIpc) is 2.68. The van der Waals surface area contributed by atoms with Crippen molar-refractivity contribution in [3.63, 3.8) is 0 Å². The summed E-state index contributed by atoms with van der Waals surface area (Å²) in [5.74, 6) is 0.662. The lowest BCUT2D eigenvalue weighted by atomic mass is 10.1. The highest BCUT2D eigenvalue weighted by molar-refractivity contribution is 5.79. The van der Waals surface area contributed by atoms with Crippen LogP contribution in [0.25, 0.3) is 0 Å². The molecule has 0 spiro atoms. The molecule has 1 aromatic carbocycles. The monoisotopic (exact) mass is 379 g/mol. The van der Waals surface area contributed by atoms with Gasteiger partial charge in [0.2, 0.25) is 0 Å². The first-order valence-electron chi connectivity index (χ1n) is 9.66. The summed E-state index contributed by atoms with van der Waals surface area (Å²) in [5.41, 5.74) is 0.489. The maximum absolute atomic E-state index is 13.9. The van der Waals surface area contributed by atoms with Crippen molar-refractivity contribution in [1.82, 2.24) is 15.5 Å². The van der Waals surface area contributed by atoms with Crippen molar-refractivity contribution in [3.8, 4) is 0 Å². The number of nitrogens with one attached hydrogen (secondary N) is 2. The average molecular weight is 380 g/mol. The highest BCUT2D eigenvalue weighted by Crippen LogP contribution is 2.20. The van der Waals surface area contributed by atoms with Crippen LogP contribution in [0.1, 0.15) is 20.3 Å². The molecule has 7 heteroatoms. The quantitative estimate of drug-likeness (QED) is 0.411. The van der Waals surface area contributed by atoms with Crippen LogP contribution in [-0.2, 0) is 4.74 Å². The van der Waals surface area contributed by atoms with Gasteiger partial charge in [0.25, 0.3) is 0 Å². The SMILES string of the molecule is CN=C(NCCCN1CCN(c2ccccc2F)CC1)NCC(C)(C)OC. The van der Waals surface area contributed by atoms with E-state index in [-0.39, 0.29) is 11.4 Å². The van der Waals surface area contributed by atoms with Gasteiger partial charge in [0.15, 0.2) is 5.96 Å². The van der Waals surface area contributed by atoms with Crippen molar-refractivity contribution < 1.29 is 9.13 Å². The molecule has 27 heavy (non-hydrogen) atoms. The molecule has 1 fully saturated rings. The molecule has 0 atom stereocenters. The highest BCUT2D eigenvalue weighted by atomic mass is 19.1. The van der Waals surface area contributed by atoms with Crippen molar-refractivity contribution >= 4 is 11.6 Å². The Labute approximate surface area is 162 Å². The van der Waals surface area contributed by atoms with Gasteiger partial charge in [0.05, 0.1) is 11.3 Å². The first-order valence-corrected chi connectivity index (χ1v) is 9.66. The molecule has 0 radical (unpaired) electrons. The molecule has 1 aromatic rings. The number of halogens is 1. The van der Waals surface area contributed by atoms with Crippen molar-refractivity contribution in [1.29, 1.82) is 0 Å². The summed E-state index contributed by atoms with van der Waals surface area (Å²) in [6.07, 6.45) is 1.04. The van der Waals surface area contributed by atoms with E-state index >= 15 is 0 Å². The maximum atomic E-state index is 13.9. The third-order valence-electron chi connectivity index (χ3n) is 4.97. The number of para-hydroxylation sites is 1. The molecule has 152 valence electrons. The van der Waals surface area contributed by atoms with E-state index in [9.17, 15) is 4.39 Å². The minimum atomic E-state index is -0.227. The largest absolute Gasteiger partial charge is 0.377 e. The summed E-state index contributed by atoms with van der Waals surface area (Å²) >= 11 is 0. The Kier molecular flexibility index (Phi) is 8.31. The Morgan fingerprint density at radius 3 is 2.52 bits per heavy atom. The van der Waals surface area contributed by atoms with E-state index in [2.05, 4.69) is 25.4 Å². The van der Waals surface area contributed by atoms with Gasteiger partial charge in [0.1, 0.15) is 5.82 Å². The van der Waals surface area contributed by atoms with E-state index < -0.39 is 0 Å². The van der Waals surface area contributed by atoms with E-state index in [0.29, 0.717) is 12.2 Å². The van der Waals surface area contributed by atoms with E-state index in [1.807, 2.05) is 26.0 Å². The highest BCUT2D eigenvalue weighted by Gasteiger charge is 2.19. The van der Waals surface area contributed by atoms with Crippen LogP contribution in [0.2, 0.25) is 0 Å². The lowest BCUT2D eigenvalue weighted by Gasteiger charge is -2.36. The lowest BCUT2D eigenvalue weighted by molar-refractivity contribution is 0.0268. The van der Waals surface area contributed by atoms with Crippen LogP contribution < -0.4 is 15.5 Å². The molecule has 6 nitrogen and oxygen atoms in total. The number of benzene rings is 1. The van der Waals surface area contributed by atoms with Gasteiger partial charge < -0.3 is 20.3 Å². The third kappa shape index (κ3) is 6.99. The Bertz CT molecular complexity index is 600. The molecule has 1 saturated heterocycles. The summed E-state index contributed by atoms with van der Waals surface area (Å²) in [4.78, 5) is 8.81. The maximum Gasteiger partial charge on any atom is 0.191 e. The smallest absolute Gasteiger partial charge is 0.191 e. The number of ether oxygens (including phenoxy) is 1. The minimum Gasteiger partial charge on any atom is -0.377 e. The molecule has 1 aliphatic heterocycles. The van der Waals surface area contributed by atoms with Gasteiger partial charge in [0, 0.05) is 53.4 Å². The Hall–Kier alpha value is -1.86. The second kappa shape index (κ2) is 10.5. The first kappa shape index (κ1) is 21.4. The van der Waals surface area contributed by atoms with Crippen LogP contribution in [0.3, 0.4) is 0 Å². The zero-order valence-corrected chi connectivity index (χ0v) is 17.1. The molecule has 1 aliphatic rings. The third-order valence-corrected chi connectivity index (χ3v) is 4.97. The van der Waals surface area contributed by atoms with E-state index in [1.54, 1.807) is 20.2 Å². The Morgan fingerprint density at radius 1 is 1.19 bits per heavy atom. The summed E-state index contributed by atoms with van der Waals surface area (Å²) in [7, 11) is 3.49. The van der Waals surface area contributed by atoms with Crippen molar-refractivity contribution in [2.45, 2.75) is 25.9 Å². The fraction of sp³-hybridized carbons (Fsp3) is 0.650. The number of rotatable bonds is 8. The van der Waals surface area contributed by atoms with Crippen molar-refractivity contribution in [2.24, 2.45) is 4.99 Å². The lowest BCUT2D eigenvalue weighted by Crippen LogP contribution is -2.48. The number of piperazine rings is 1. The van der Waals surface area contributed by atoms with Crippen LogP contribution in [0.5, 0.6) is 0 Å². The van der Waals surface area contributed by atoms with Crippen LogP contribution in [0, 0.1) is 5.82 Å². The van der Waals surface area contributed by atoms with Gasteiger partial charge in [-0.3, -0.25) is 9.89 Å². The molecule has 0 aromatic heterocycles. The molecular formula is C20H34FN5O. The van der Waals surface area contributed by atoms with E-state index in [0.717, 1.165) is 51.6 Å². The fourth-order valence-electron chi connectivity index (χ4n) is 3.02. The number of methoxy groups -OCH3 is 1. The van der Waals surface area contributed by atoms with Crippen LogP contribution in [-0.4, -0.2) is 76.4 Å². The standard InChI is InChI=1S/C20H34FN5O/c1-20(2,27-4)16-24-19(22-3)23-10-7-11-25-12-14-26(15-13-25)18-9-6-5-8-17(18)21/h5-6,8-9H,7,10-16H2,1-4H3,(H2,22,23,24). The van der Waals surface area contributed by atoms with Crippen LogP contribution in [0.4, 0.5) is 10.1 Å². The normalized spacial score (nSPS) is 16.5. The van der Waals surface area contributed by atoms with Crippen molar-refractivity contribution in [3.05, 3.63) is 30.1 Å². The number of hydrogen-bond donors (Lipinski definition) is 2. The zero-order chi connectivity index (χ0) is 19.7. The molecule has 0 unspecified atom stereocenters.